The number of amides is 2. The number of anilines is 1. The number of rotatable bonds is 7. The minimum Gasteiger partial charge on any atom is -0.497 e. The van der Waals surface area contributed by atoms with E-state index in [0.717, 1.165) is 56.1 Å². The molecule has 2 heterocycles. The lowest BCUT2D eigenvalue weighted by Crippen LogP contribution is -2.52. The first-order valence-electron chi connectivity index (χ1n) is 11.2. The van der Waals surface area contributed by atoms with E-state index in [1.807, 2.05) is 54.4 Å². The second-order valence-corrected chi connectivity index (χ2v) is 8.57. The summed E-state index contributed by atoms with van der Waals surface area (Å²) in [4.78, 5) is 33.6. The van der Waals surface area contributed by atoms with Gasteiger partial charge in [0, 0.05) is 52.0 Å². The lowest BCUT2D eigenvalue weighted by molar-refractivity contribution is -0.132. The summed E-state index contributed by atoms with van der Waals surface area (Å²) in [6.07, 6.45) is 0.932. The fourth-order valence-corrected chi connectivity index (χ4v) is 4.38. The molecule has 1 saturated heterocycles. The van der Waals surface area contributed by atoms with Crippen molar-refractivity contribution in [1.82, 2.24) is 14.7 Å². The van der Waals surface area contributed by atoms with Crippen molar-refractivity contribution < 1.29 is 14.3 Å². The molecule has 0 spiro atoms. The Bertz CT molecular complexity index is 938. The van der Waals surface area contributed by atoms with Crippen molar-refractivity contribution in [1.29, 1.82) is 0 Å². The number of para-hydroxylation sites is 1. The maximum absolute atomic E-state index is 12.8. The number of hydrogen-bond donors (Lipinski definition) is 0. The Morgan fingerprint density at radius 3 is 2.25 bits per heavy atom. The maximum Gasteiger partial charge on any atom is 0.241 e. The molecule has 1 fully saturated rings. The third-order valence-electron chi connectivity index (χ3n) is 6.38. The zero-order valence-corrected chi connectivity index (χ0v) is 19.0. The second-order valence-electron chi connectivity index (χ2n) is 8.57. The average Bonchev–Trinajstić information content (AvgIpc) is 3.25. The molecule has 2 aromatic carbocycles. The normalized spacial score (nSPS) is 16.6. The van der Waals surface area contributed by atoms with E-state index in [-0.39, 0.29) is 11.8 Å². The molecule has 2 aromatic rings. The molecule has 0 atom stereocenters. The van der Waals surface area contributed by atoms with Gasteiger partial charge in [0.1, 0.15) is 5.75 Å². The van der Waals surface area contributed by atoms with E-state index in [1.165, 1.54) is 5.56 Å². The first-order chi connectivity index (χ1) is 15.5. The highest BCUT2D eigenvalue weighted by Crippen LogP contribution is 2.27. The van der Waals surface area contributed by atoms with Crippen LogP contribution >= 0.6 is 0 Å². The van der Waals surface area contributed by atoms with Crippen LogP contribution in [0.15, 0.2) is 48.5 Å². The summed E-state index contributed by atoms with van der Waals surface area (Å²) in [7, 11) is 3.49. The number of carbonyl (C=O) groups excluding carboxylic acids is 2. The summed E-state index contributed by atoms with van der Waals surface area (Å²) < 4.78 is 5.18. The van der Waals surface area contributed by atoms with Crippen LogP contribution in [0.1, 0.15) is 11.1 Å². The number of piperazine rings is 1. The number of fused-ring (bicyclic) bond motifs is 1. The summed E-state index contributed by atoms with van der Waals surface area (Å²) in [5, 5.41) is 0. The van der Waals surface area contributed by atoms with Gasteiger partial charge in [0.25, 0.3) is 0 Å². The van der Waals surface area contributed by atoms with Crippen molar-refractivity contribution in [3.63, 3.8) is 0 Å². The summed E-state index contributed by atoms with van der Waals surface area (Å²) >= 11 is 0. The maximum atomic E-state index is 12.8. The third kappa shape index (κ3) is 5.29. The van der Waals surface area contributed by atoms with Crippen LogP contribution in [0.4, 0.5) is 5.69 Å². The van der Waals surface area contributed by atoms with Crippen LogP contribution in [0.3, 0.4) is 0 Å². The highest BCUT2D eigenvalue weighted by Gasteiger charge is 2.27. The standard InChI is InChI=1S/C25H32N4O3/c1-26(17-20-7-9-22(32-2)10-8-20)24(30)18-27-13-15-28(16-14-27)19-25(31)29-12-11-21-5-3-4-6-23(21)29/h3-10H,11-19H2,1-2H3. The molecule has 0 radical (unpaired) electrons. The quantitative estimate of drug-likeness (QED) is 0.663. The predicted molar refractivity (Wildman–Crippen MR) is 125 cm³/mol. The molecule has 7 nitrogen and oxygen atoms in total. The lowest BCUT2D eigenvalue weighted by Gasteiger charge is -2.35. The molecule has 32 heavy (non-hydrogen) atoms. The fourth-order valence-electron chi connectivity index (χ4n) is 4.38. The second kappa shape index (κ2) is 10.1. The van der Waals surface area contributed by atoms with E-state index in [4.69, 9.17) is 4.74 Å². The van der Waals surface area contributed by atoms with E-state index in [9.17, 15) is 9.59 Å². The van der Waals surface area contributed by atoms with Gasteiger partial charge >= 0.3 is 0 Å². The molecule has 2 amide bonds. The van der Waals surface area contributed by atoms with E-state index >= 15 is 0 Å². The van der Waals surface area contributed by atoms with Gasteiger partial charge in [-0.05, 0) is 35.7 Å². The van der Waals surface area contributed by atoms with Crippen molar-refractivity contribution in [2.75, 3.05) is 64.9 Å². The molecule has 2 aliphatic heterocycles. The minimum atomic E-state index is 0.110. The highest BCUT2D eigenvalue weighted by atomic mass is 16.5. The van der Waals surface area contributed by atoms with Crippen LogP contribution in [-0.2, 0) is 22.6 Å². The van der Waals surface area contributed by atoms with Gasteiger partial charge in [-0.1, -0.05) is 30.3 Å². The minimum absolute atomic E-state index is 0.110. The molecule has 2 aliphatic rings. The van der Waals surface area contributed by atoms with Crippen molar-refractivity contribution in [2.24, 2.45) is 0 Å². The van der Waals surface area contributed by atoms with Gasteiger partial charge in [0.2, 0.25) is 11.8 Å². The fraction of sp³-hybridized carbons (Fsp3) is 0.440. The zero-order valence-electron chi connectivity index (χ0n) is 19.0. The highest BCUT2D eigenvalue weighted by molar-refractivity contribution is 5.96. The Morgan fingerprint density at radius 2 is 1.56 bits per heavy atom. The van der Waals surface area contributed by atoms with Gasteiger partial charge in [-0.2, -0.15) is 0 Å². The molecule has 4 rings (SSSR count). The number of likely N-dealkylation sites (N-methyl/N-ethyl adjacent to an activating group) is 1. The number of hydrogen-bond acceptors (Lipinski definition) is 5. The summed E-state index contributed by atoms with van der Waals surface area (Å²) in [6.45, 7) is 5.40. The van der Waals surface area contributed by atoms with Gasteiger partial charge in [-0.3, -0.25) is 19.4 Å². The van der Waals surface area contributed by atoms with Crippen LogP contribution in [0.25, 0.3) is 0 Å². The van der Waals surface area contributed by atoms with Crippen molar-refractivity contribution in [3.05, 3.63) is 59.7 Å². The Balaban J connectivity index is 1.20. The number of nitrogens with zero attached hydrogens (tertiary/aromatic N) is 4. The van der Waals surface area contributed by atoms with Crippen molar-refractivity contribution in [2.45, 2.75) is 13.0 Å². The molecule has 170 valence electrons. The Hall–Kier alpha value is -2.90. The first kappa shape index (κ1) is 22.3. The van der Waals surface area contributed by atoms with Crippen LogP contribution in [0.2, 0.25) is 0 Å². The summed E-state index contributed by atoms with van der Waals surface area (Å²) in [5.74, 6) is 1.09. The molecule has 0 N–H and O–H groups in total. The molecule has 7 heteroatoms. The van der Waals surface area contributed by atoms with Gasteiger partial charge in [0.15, 0.2) is 0 Å². The van der Waals surface area contributed by atoms with E-state index in [2.05, 4.69) is 15.9 Å². The molecule has 0 bridgehead atoms. The first-order valence-corrected chi connectivity index (χ1v) is 11.2. The summed E-state index contributed by atoms with van der Waals surface area (Å²) in [6, 6.07) is 15.9. The van der Waals surface area contributed by atoms with E-state index in [0.29, 0.717) is 19.6 Å². The predicted octanol–water partition coefficient (Wildman–Crippen LogP) is 1.86. The topological polar surface area (TPSA) is 56.3 Å². The molecule has 0 aliphatic carbocycles. The van der Waals surface area contributed by atoms with Crippen LogP contribution in [0.5, 0.6) is 5.75 Å². The lowest BCUT2D eigenvalue weighted by atomic mass is 10.2. The number of methoxy groups -OCH3 is 1. The smallest absolute Gasteiger partial charge is 0.241 e. The molecule has 0 unspecified atom stereocenters. The Morgan fingerprint density at radius 1 is 0.906 bits per heavy atom. The monoisotopic (exact) mass is 436 g/mol. The third-order valence-corrected chi connectivity index (χ3v) is 6.38. The average molecular weight is 437 g/mol. The van der Waals surface area contributed by atoms with Crippen LogP contribution in [-0.4, -0.2) is 86.5 Å². The zero-order chi connectivity index (χ0) is 22.5. The Kier molecular flexibility index (Phi) is 7.07. The van der Waals surface area contributed by atoms with Crippen LogP contribution < -0.4 is 9.64 Å². The van der Waals surface area contributed by atoms with Gasteiger partial charge in [0.05, 0.1) is 20.2 Å². The van der Waals surface area contributed by atoms with E-state index < -0.39 is 0 Å². The summed E-state index contributed by atoms with van der Waals surface area (Å²) in [5.41, 5.74) is 3.39. The molecular formula is C25H32N4O3. The SMILES string of the molecule is COc1ccc(CN(C)C(=O)CN2CCN(CC(=O)N3CCc4ccccc43)CC2)cc1. The van der Waals surface area contributed by atoms with Crippen molar-refractivity contribution >= 4 is 17.5 Å². The largest absolute Gasteiger partial charge is 0.497 e. The number of ether oxygens (including phenoxy) is 1. The van der Waals surface area contributed by atoms with Crippen LogP contribution in [0, 0.1) is 0 Å². The van der Waals surface area contributed by atoms with E-state index in [1.54, 1.807) is 12.0 Å². The van der Waals surface area contributed by atoms with Gasteiger partial charge in [-0.25, -0.2) is 0 Å². The Labute approximate surface area is 190 Å². The van der Waals surface area contributed by atoms with Gasteiger partial charge in [-0.15, -0.1) is 0 Å². The molecule has 0 aromatic heterocycles. The number of carbonyl (C=O) groups is 2. The molecule has 0 saturated carbocycles. The molecular weight excluding hydrogens is 404 g/mol. The van der Waals surface area contributed by atoms with Crippen molar-refractivity contribution in [3.8, 4) is 5.75 Å². The van der Waals surface area contributed by atoms with Gasteiger partial charge < -0.3 is 14.5 Å². The number of benzene rings is 2.